The number of carbonyl (C=O) groups excluding carboxylic acids is 1. The standard InChI is InChI=1S/C15H29N3O/c1-13-7-5-4-6-10-18(13)14(19)15(2,3)17-11-8-16-9-12-17/h13,16H,4-12H2,1-3H3. The molecule has 1 atom stereocenters. The molecular weight excluding hydrogens is 238 g/mol. The third kappa shape index (κ3) is 3.29. The molecule has 2 rings (SSSR count). The average molecular weight is 267 g/mol. The predicted octanol–water partition coefficient (Wildman–Crippen LogP) is 1.46. The molecule has 0 aliphatic carbocycles. The van der Waals surface area contributed by atoms with E-state index >= 15 is 0 Å². The van der Waals surface area contributed by atoms with Crippen LogP contribution in [0.2, 0.25) is 0 Å². The highest BCUT2D eigenvalue weighted by atomic mass is 16.2. The Labute approximate surface area is 117 Å². The van der Waals surface area contributed by atoms with Crippen LogP contribution in [-0.2, 0) is 4.79 Å². The molecular formula is C15H29N3O. The van der Waals surface area contributed by atoms with Crippen LogP contribution in [0.15, 0.2) is 0 Å². The first kappa shape index (κ1) is 14.8. The lowest BCUT2D eigenvalue weighted by atomic mass is 9.98. The fraction of sp³-hybridized carbons (Fsp3) is 0.933. The molecule has 2 aliphatic rings. The lowest BCUT2D eigenvalue weighted by molar-refractivity contribution is -0.145. The number of amides is 1. The maximum absolute atomic E-state index is 12.9. The van der Waals surface area contributed by atoms with Gasteiger partial charge in [0.25, 0.3) is 0 Å². The lowest BCUT2D eigenvalue weighted by Gasteiger charge is -2.43. The molecule has 0 bridgehead atoms. The van der Waals surface area contributed by atoms with Gasteiger partial charge in [0.15, 0.2) is 0 Å². The van der Waals surface area contributed by atoms with Gasteiger partial charge in [0.1, 0.15) is 0 Å². The van der Waals surface area contributed by atoms with E-state index in [-0.39, 0.29) is 5.54 Å². The van der Waals surface area contributed by atoms with Crippen molar-refractivity contribution in [3.63, 3.8) is 0 Å². The summed E-state index contributed by atoms with van der Waals surface area (Å²) in [5.41, 5.74) is -0.360. The first-order chi connectivity index (χ1) is 9.03. The van der Waals surface area contributed by atoms with Gasteiger partial charge < -0.3 is 10.2 Å². The van der Waals surface area contributed by atoms with Crippen LogP contribution >= 0.6 is 0 Å². The van der Waals surface area contributed by atoms with E-state index in [4.69, 9.17) is 0 Å². The molecule has 0 aromatic heterocycles. The molecule has 0 spiro atoms. The number of nitrogens with one attached hydrogen (secondary N) is 1. The smallest absolute Gasteiger partial charge is 0.242 e. The number of hydrogen-bond acceptors (Lipinski definition) is 3. The molecule has 1 unspecified atom stereocenters. The number of rotatable bonds is 2. The Bertz CT molecular complexity index is 311. The average Bonchev–Trinajstić information content (AvgIpc) is 2.63. The first-order valence-electron chi connectivity index (χ1n) is 7.80. The summed E-state index contributed by atoms with van der Waals surface area (Å²) in [7, 11) is 0. The summed E-state index contributed by atoms with van der Waals surface area (Å²) in [6.07, 6.45) is 4.85. The maximum Gasteiger partial charge on any atom is 0.242 e. The second-order valence-electron chi connectivity index (χ2n) is 6.49. The molecule has 110 valence electrons. The zero-order chi connectivity index (χ0) is 13.9. The Kier molecular flexibility index (Phi) is 4.85. The van der Waals surface area contributed by atoms with Gasteiger partial charge in [-0.2, -0.15) is 0 Å². The van der Waals surface area contributed by atoms with E-state index in [1.807, 2.05) is 0 Å². The van der Waals surface area contributed by atoms with Gasteiger partial charge in [-0.15, -0.1) is 0 Å². The molecule has 0 saturated carbocycles. The van der Waals surface area contributed by atoms with Crippen molar-refractivity contribution in [3.05, 3.63) is 0 Å². The molecule has 2 heterocycles. The van der Waals surface area contributed by atoms with Crippen molar-refractivity contribution in [2.24, 2.45) is 0 Å². The van der Waals surface area contributed by atoms with E-state index in [1.54, 1.807) is 0 Å². The number of carbonyl (C=O) groups is 1. The second kappa shape index (κ2) is 6.23. The summed E-state index contributed by atoms with van der Waals surface area (Å²) in [5.74, 6) is 0.323. The molecule has 2 saturated heterocycles. The van der Waals surface area contributed by atoms with Crippen LogP contribution < -0.4 is 5.32 Å². The quantitative estimate of drug-likeness (QED) is 0.823. The Morgan fingerprint density at radius 2 is 1.79 bits per heavy atom. The van der Waals surface area contributed by atoms with Gasteiger partial charge in [-0.1, -0.05) is 12.8 Å². The summed E-state index contributed by atoms with van der Waals surface area (Å²) in [4.78, 5) is 17.4. The highest BCUT2D eigenvalue weighted by Gasteiger charge is 2.39. The van der Waals surface area contributed by atoms with Crippen molar-refractivity contribution in [1.82, 2.24) is 15.1 Å². The van der Waals surface area contributed by atoms with Gasteiger partial charge in [0.05, 0.1) is 5.54 Å². The highest BCUT2D eigenvalue weighted by molar-refractivity contribution is 5.85. The van der Waals surface area contributed by atoms with E-state index in [0.29, 0.717) is 11.9 Å². The SMILES string of the molecule is CC1CCCCCN1C(=O)C(C)(C)N1CCNCC1. The van der Waals surface area contributed by atoms with Gasteiger partial charge in [-0.05, 0) is 33.6 Å². The molecule has 1 amide bonds. The normalized spacial score (nSPS) is 27.1. The van der Waals surface area contributed by atoms with Crippen LogP contribution in [0.25, 0.3) is 0 Å². The number of likely N-dealkylation sites (tertiary alicyclic amines) is 1. The zero-order valence-electron chi connectivity index (χ0n) is 12.7. The predicted molar refractivity (Wildman–Crippen MR) is 78.2 cm³/mol. The molecule has 0 aromatic rings. The number of piperazine rings is 1. The van der Waals surface area contributed by atoms with E-state index in [1.165, 1.54) is 12.8 Å². The number of nitrogens with zero attached hydrogens (tertiary/aromatic N) is 2. The minimum atomic E-state index is -0.360. The van der Waals surface area contributed by atoms with Crippen molar-refractivity contribution in [2.75, 3.05) is 32.7 Å². The van der Waals surface area contributed by atoms with E-state index < -0.39 is 0 Å². The maximum atomic E-state index is 12.9. The Balaban J connectivity index is 2.06. The molecule has 4 nitrogen and oxygen atoms in total. The van der Waals surface area contributed by atoms with E-state index in [2.05, 4.69) is 35.9 Å². The third-order valence-corrected chi connectivity index (χ3v) is 4.74. The fourth-order valence-corrected chi connectivity index (χ4v) is 3.29. The molecule has 0 aromatic carbocycles. The Morgan fingerprint density at radius 3 is 2.47 bits per heavy atom. The van der Waals surface area contributed by atoms with Crippen molar-refractivity contribution in [1.29, 1.82) is 0 Å². The summed E-state index contributed by atoms with van der Waals surface area (Å²) in [6, 6.07) is 0.400. The molecule has 2 fully saturated rings. The topological polar surface area (TPSA) is 35.6 Å². The highest BCUT2D eigenvalue weighted by Crippen LogP contribution is 2.24. The van der Waals surface area contributed by atoms with Gasteiger partial charge >= 0.3 is 0 Å². The van der Waals surface area contributed by atoms with Crippen molar-refractivity contribution in [2.45, 2.75) is 58.0 Å². The molecule has 1 N–H and O–H groups in total. The summed E-state index contributed by atoms with van der Waals surface area (Å²) < 4.78 is 0. The lowest BCUT2D eigenvalue weighted by Crippen LogP contribution is -2.61. The van der Waals surface area contributed by atoms with Crippen LogP contribution in [-0.4, -0.2) is 60.0 Å². The van der Waals surface area contributed by atoms with Gasteiger partial charge in [-0.3, -0.25) is 9.69 Å². The molecule has 4 heteroatoms. The van der Waals surface area contributed by atoms with Crippen LogP contribution in [0, 0.1) is 0 Å². The first-order valence-corrected chi connectivity index (χ1v) is 7.80. The van der Waals surface area contributed by atoms with Crippen LogP contribution in [0.3, 0.4) is 0 Å². The minimum absolute atomic E-state index is 0.323. The van der Waals surface area contributed by atoms with Crippen LogP contribution in [0.4, 0.5) is 0 Å². The molecule has 2 aliphatic heterocycles. The van der Waals surface area contributed by atoms with Gasteiger partial charge in [0.2, 0.25) is 5.91 Å². The number of hydrogen-bond donors (Lipinski definition) is 1. The fourth-order valence-electron chi connectivity index (χ4n) is 3.29. The molecule has 0 radical (unpaired) electrons. The summed E-state index contributed by atoms with van der Waals surface area (Å²) in [5, 5.41) is 3.36. The van der Waals surface area contributed by atoms with Crippen LogP contribution in [0.5, 0.6) is 0 Å². The van der Waals surface area contributed by atoms with Crippen molar-refractivity contribution in [3.8, 4) is 0 Å². The minimum Gasteiger partial charge on any atom is -0.338 e. The summed E-state index contributed by atoms with van der Waals surface area (Å²) >= 11 is 0. The second-order valence-corrected chi connectivity index (χ2v) is 6.49. The monoisotopic (exact) mass is 267 g/mol. The van der Waals surface area contributed by atoms with E-state index in [9.17, 15) is 4.79 Å². The molecule has 19 heavy (non-hydrogen) atoms. The Morgan fingerprint density at radius 1 is 1.11 bits per heavy atom. The van der Waals surface area contributed by atoms with Crippen LogP contribution in [0.1, 0.15) is 46.5 Å². The summed E-state index contributed by atoms with van der Waals surface area (Å²) in [6.45, 7) is 11.3. The van der Waals surface area contributed by atoms with Crippen molar-refractivity contribution < 1.29 is 4.79 Å². The zero-order valence-corrected chi connectivity index (χ0v) is 12.7. The largest absolute Gasteiger partial charge is 0.338 e. The van der Waals surface area contributed by atoms with Gasteiger partial charge in [0, 0.05) is 38.8 Å². The van der Waals surface area contributed by atoms with E-state index in [0.717, 1.165) is 45.6 Å². The van der Waals surface area contributed by atoms with Crippen molar-refractivity contribution >= 4 is 5.91 Å². The van der Waals surface area contributed by atoms with Gasteiger partial charge in [-0.25, -0.2) is 0 Å². The Hall–Kier alpha value is -0.610. The third-order valence-electron chi connectivity index (χ3n) is 4.74.